The molecule has 18 heavy (non-hydrogen) atoms. The first-order valence-electron chi connectivity index (χ1n) is 5.59. The van der Waals surface area contributed by atoms with Gasteiger partial charge in [-0.05, 0) is 31.0 Å². The summed E-state index contributed by atoms with van der Waals surface area (Å²) in [7, 11) is -3.69. The smallest absolute Gasteiger partial charge is 0.242 e. The number of anilines is 1. The minimum absolute atomic E-state index is 0.00486. The molecule has 4 N–H and O–H groups in total. The molecule has 0 aromatic heterocycles. The summed E-state index contributed by atoms with van der Waals surface area (Å²) < 4.78 is 26.7. The van der Waals surface area contributed by atoms with Crippen molar-refractivity contribution in [3.8, 4) is 0 Å². The van der Waals surface area contributed by atoms with Gasteiger partial charge in [0.1, 0.15) is 4.90 Å². The monoisotopic (exact) mass is 292 g/mol. The Bertz CT molecular complexity index is 505. The van der Waals surface area contributed by atoms with Crippen molar-refractivity contribution in [2.75, 3.05) is 12.3 Å². The highest BCUT2D eigenvalue weighted by Gasteiger charge is 2.21. The molecular formula is C11H17ClN2O3S. The second-order valence-corrected chi connectivity index (χ2v) is 6.02. The summed E-state index contributed by atoms with van der Waals surface area (Å²) in [5, 5.41) is 8.93. The van der Waals surface area contributed by atoms with E-state index in [4.69, 9.17) is 22.4 Å². The van der Waals surface area contributed by atoms with E-state index in [0.717, 1.165) is 0 Å². The van der Waals surface area contributed by atoms with E-state index in [2.05, 4.69) is 4.72 Å². The molecular weight excluding hydrogens is 276 g/mol. The second-order valence-electron chi connectivity index (χ2n) is 3.93. The number of nitrogens with two attached hydrogens (primary N) is 1. The van der Waals surface area contributed by atoms with Crippen molar-refractivity contribution < 1.29 is 13.5 Å². The number of rotatable bonds is 6. The molecule has 1 atom stereocenters. The van der Waals surface area contributed by atoms with E-state index < -0.39 is 10.0 Å². The minimum Gasteiger partial charge on any atom is -0.399 e. The molecule has 0 amide bonds. The molecule has 0 aliphatic rings. The number of nitrogen functional groups attached to an aromatic ring is 1. The lowest BCUT2D eigenvalue weighted by molar-refractivity contribution is 0.270. The van der Waals surface area contributed by atoms with Crippen LogP contribution in [0.3, 0.4) is 0 Å². The van der Waals surface area contributed by atoms with E-state index in [-0.39, 0.29) is 22.6 Å². The van der Waals surface area contributed by atoms with Gasteiger partial charge in [-0.3, -0.25) is 0 Å². The van der Waals surface area contributed by atoms with Crippen molar-refractivity contribution in [1.82, 2.24) is 4.72 Å². The van der Waals surface area contributed by atoms with Gasteiger partial charge in [0.15, 0.2) is 0 Å². The van der Waals surface area contributed by atoms with Crippen molar-refractivity contribution in [3.05, 3.63) is 23.2 Å². The van der Waals surface area contributed by atoms with Crippen molar-refractivity contribution >= 4 is 27.3 Å². The number of aliphatic hydroxyl groups is 1. The molecule has 0 aliphatic carbocycles. The molecule has 0 radical (unpaired) electrons. The number of benzene rings is 1. The first-order valence-corrected chi connectivity index (χ1v) is 7.45. The molecule has 1 rings (SSSR count). The summed E-state index contributed by atoms with van der Waals surface area (Å²) in [5.41, 5.74) is 5.92. The van der Waals surface area contributed by atoms with Crippen LogP contribution < -0.4 is 10.5 Å². The third-order valence-electron chi connectivity index (χ3n) is 2.54. The number of sulfonamides is 1. The fraction of sp³-hybridized carbons (Fsp3) is 0.455. The van der Waals surface area contributed by atoms with Crippen LogP contribution in [0, 0.1) is 0 Å². The van der Waals surface area contributed by atoms with Crippen LogP contribution >= 0.6 is 11.6 Å². The molecule has 1 unspecified atom stereocenters. The van der Waals surface area contributed by atoms with Gasteiger partial charge >= 0.3 is 0 Å². The number of aliphatic hydroxyl groups excluding tert-OH is 1. The largest absolute Gasteiger partial charge is 0.399 e. The van der Waals surface area contributed by atoms with Gasteiger partial charge in [-0.2, -0.15) is 0 Å². The van der Waals surface area contributed by atoms with E-state index in [1.54, 1.807) is 0 Å². The SMILES string of the molecule is CCC(CCO)NS(=O)(=O)c1ccc(N)cc1Cl. The standard InChI is InChI=1S/C11H17ClN2O3S/c1-2-9(5-6-15)14-18(16,17)11-4-3-8(13)7-10(11)12/h3-4,7,9,14-15H,2,5-6,13H2,1H3. The Balaban J connectivity index is 2.99. The molecule has 5 nitrogen and oxygen atoms in total. The lowest BCUT2D eigenvalue weighted by atomic mass is 10.2. The Morgan fingerprint density at radius 3 is 2.67 bits per heavy atom. The van der Waals surface area contributed by atoms with E-state index in [0.29, 0.717) is 18.5 Å². The zero-order valence-electron chi connectivity index (χ0n) is 10.1. The fourth-order valence-corrected chi connectivity index (χ4v) is 3.43. The summed E-state index contributed by atoms with van der Waals surface area (Å²) in [4.78, 5) is -0.00486. The third kappa shape index (κ3) is 3.84. The second kappa shape index (κ2) is 6.38. The highest BCUT2D eigenvalue weighted by molar-refractivity contribution is 7.89. The first kappa shape index (κ1) is 15.2. The van der Waals surface area contributed by atoms with Crippen LogP contribution in [0.4, 0.5) is 5.69 Å². The normalized spacial score (nSPS) is 13.5. The number of halogens is 1. The lowest BCUT2D eigenvalue weighted by Gasteiger charge is -2.16. The molecule has 0 fully saturated rings. The zero-order valence-corrected chi connectivity index (χ0v) is 11.6. The van der Waals surface area contributed by atoms with E-state index in [1.165, 1.54) is 18.2 Å². The van der Waals surface area contributed by atoms with Crippen molar-refractivity contribution in [2.24, 2.45) is 0 Å². The minimum atomic E-state index is -3.69. The van der Waals surface area contributed by atoms with Crippen molar-refractivity contribution in [3.63, 3.8) is 0 Å². The Kier molecular flexibility index (Phi) is 5.40. The van der Waals surface area contributed by atoms with Crippen LogP contribution in [0.15, 0.2) is 23.1 Å². The number of hydrogen-bond donors (Lipinski definition) is 3. The van der Waals surface area contributed by atoms with Gasteiger partial charge in [-0.25, -0.2) is 13.1 Å². The summed E-state index contributed by atoms with van der Waals surface area (Å²) in [6, 6.07) is 3.93. The lowest BCUT2D eigenvalue weighted by Crippen LogP contribution is -2.35. The predicted molar refractivity (Wildman–Crippen MR) is 72.0 cm³/mol. The molecule has 7 heteroatoms. The maximum atomic E-state index is 12.1. The van der Waals surface area contributed by atoms with Gasteiger partial charge in [-0.1, -0.05) is 18.5 Å². The molecule has 0 aliphatic heterocycles. The van der Waals surface area contributed by atoms with Gasteiger partial charge in [0.2, 0.25) is 10.0 Å². The Morgan fingerprint density at radius 2 is 2.17 bits per heavy atom. The predicted octanol–water partition coefficient (Wildman–Crippen LogP) is 1.36. The zero-order chi connectivity index (χ0) is 13.8. The van der Waals surface area contributed by atoms with Gasteiger partial charge in [0, 0.05) is 18.3 Å². The van der Waals surface area contributed by atoms with Gasteiger partial charge in [0.25, 0.3) is 0 Å². The maximum absolute atomic E-state index is 12.1. The quantitative estimate of drug-likeness (QED) is 0.690. The maximum Gasteiger partial charge on any atom is 0.242 e. The molecule has 0 spiro atoms. The molecule has 0 heterocycles. The van der Waals surface area contributed by atoms with Gasteiger partial charge < -0.3 is 10.8 Å². The molecule has 0 saturated carbocycles. The third-order valence-corrected chi connectivity index (χ3v) is 4.54. The number of hydrogen-bond acceptors (Lipinski definition) is 4. The van der Waals surface area contributed by atoms with Crippen molar-refractivity contribution in [1.29, 1.82) is 0 Å². The Morgan fingerprint density at radius 1 is 1.50 bits per heavy atom. The van der Waals surface area contributed by atoms with Crippen LogP contribution in [-0.2, 0) is 10.0 Å². The van der Waals surface area contributed by atoms with Crippen LogP contribution in [-0.4, -0.2) is 26.2 Å². The highest BCUT2D eigenvalue weighted by Crippen LogP contribution is 2.24. The van der Waals surface area contributed by atoms with E-state index in [9.17, 15) is 8.42 Å². The van der Waals surface area contributed by atoms with Crippen LogP contribution in [0.2, 0.25) is 5.02 Å². The molecule has 1 aromatic rings. The molecule has 0 saturated heterocycles. The average Bonchev–Trinajstić information content (AvgIpc) is 2.27. The molecule has 1 aromatic carbocycles. The van der Waals surface area contributed by atoms with Gasteiger partial charge in [0.05, 0.1) is 5.02 Å². The Labute approximate surface area is 112 Å². The molecule has 0 bridgehead atoms. The van der Waals surface area contributed by atoms with Crippen LogP contribution in [0.5, 0.6) is 0 Å². The summed E-state index contributed by atoms with van der Waals surface area (Å²) >= 11 is 5.87. The van der Waals surface area contributed by atoms with E-state index >= 15 is 0 Å². The molecule has 102 valence electrons. The summed E-state index contributed by atoms with van der Waals surface area (Å²) in [5.74, 6) is 0. The highest BCUT2D eigenvalue weighted by atomic mass is 35.5. The van der Waals surface area contributed by atoms with E-state index in [1.807, 2.05) is 6.92 Å². The average molecular weight is 293 g/mol. The van der Waals surface area contributed by atoms with Crippen molar-refractivity contribution in [2.45, 2.75) is 30.7 Å². The number of nitrogens with one attached hydrogen (secondary N) is 1. The summed E-state index contributed by atoms with van der Waals surface area (Å²) in [6.07, 6.45) is 0.953. The van der Waals surface area contributed by atoms with Crippen LogP contribution in [0.25, 0.3) is 0 Å². The Hall–Kier alpha value is -0.820. The van der Waals surface area contributed by atoms with Crippen LogP contribution in [0.1, 0.15) is 19.8 Å². The fourth-order valence-electron chi connectivity index (χ4n) is 1.52. The van der Waals surface area contributed by atoms with Gasteiger partial charge in [-0.15, -0.1) is 0 Å². The first-order chi connectivity index (χ1) is 8.40. The summed E-state index contributed by atoms with van der Waals surface area (Å²) in [6.45, 7) is 1.77. The topological polar surface area (TPSA) is 92.4 Å².